The van der Waals surface area contributed by atoms with E-state index in [-0.39, 0.29) is 10.6 Å². The average Bonchev–Trinajstić information content (AvgIpc) is 2.78. The molecule has 110 valence electrons. The minimum Gasteiger partial charge on any atom is -0.464 e. The molecule has 0 saturated carbocycles. The largest absolute Gasteiger partial charge is 0.464 e. The molecule has 0 spiro atoms. The van der Waals surface area contributed by atoms with Gasteiger partial charge >= 0.3 is 5.97 Å². The molecule has 0 radical (unpaired) electrons. The summed E-state index contributed by atoms with van der Waals surface area (Å²) in [4.78, 5) is 15.4. The van der Waals surface area contributed by atoms with Crippen molar-refractivity contribution in [1.29, 1.82) is 0 Å². The summed E-state index contributed by atoms with van der Waals surface area (Å²) in [5, 5.41) is 0. The Morgan fingerprint density at radius 1 is 1.45 bits per heavy atom. The van der Waals surface area contributed by atoms with Gasteiger partial charge in [0.1, 0.15) is 4.90 Å². The van der Waals surface area contributed by atoms with Gasteiger partial charge in [-0.1, -0.05) is 0 Å². The highest BCUT2D eigenvalue weighted by Crippen LogP contribution is 2.34. The standard InChI is InChI=1S/C13H18N2O4S/c1-13(2)7-5-9-15(13)20(17,18)10-6-4-8-14-11(10)12(16)19-3/h4,6,8H,5,7,9H2,1-3H3. The Balaban J connectivity index is 2.53. The first-order valence-corrected chi connectivity index (χ1v) is 7.81. The van der Waals surface area contributed by atoms with Crippen molar-refractivity contribution >= 4 is 16.0 Å². The van der Waals surface area contributed by atoms with Crippen LogP contribution in [0.3, 0.4) is 0 Å². The molecule has 1 aromatic rings. The van der Waals surface area contributed by atoms with Crippen molar-refractivity contribution in [2.45, 2.75) is 37.1 Å². The maximum Gasteiger partial charge on any atom is 0.358 e. The van der Waals surface area contributed by atoms with Gasteiger partial charge in [-0.2, -0.15) is 4.31 Å². The lowest BCUT2D eigenvalue weighted by molar-refractivity contribution is 0.0588. The molecular weight excluding hydrogens is 280 g/mol. The molecule has 0 N–H and O–H groups in total. The number of ether oxygens (including phenoxy) is 1. The van der Waals surface area contributed by atoms with Crippen LogP contribution in [-0.2, 0) is 14.8 Å². The molecule has 1 aliphatic heterocycles. The van der Waals surface area contributed by atoms with Gasteiger partial charge in [-0.15, -0.1) is 0 Å². The first kappa shape index (κ1) is 14.9. The van der Waals surface area contributed by atoms with Crippen LogP contribution in [0, 0.1) is 0 Å². The molecule has 2 rings (SSSR count). The lowest BCUT2D eigenvalue weighted by Crippen LogP contribution is -2.43. The predicted octanol–water partition coefficient (Wildman–Crippen LogP) is 1.43. The smallest absolute Gasteiger partial charge is 0.358 e. The topological polar surface area (TPSA) is 76.6 Å². The number of carbonyl (C=O) groups is 1. The number of carbonyl (C=O) groups excluding carboxylic acids is 1. The van der Waals surface area contributed by atoms with Gasteiger partial charge in [0, 0.05) is 18.3 Å². The van der Waals surface area contributed by atoms with Crippen LogP contribution in [0.2, 0.25) is 0 Å². The zero-order valence-corrected chi connectivity index (χ0v) is 12.6. The van der Waals surface area contributed by atoms with E-state index in [2.05, 4.69) is 9.72 Å². The second kappa shape index (κ2) is 5.14. The number of pyridine rings is 1. The Kier molecular flexibility index (Phi) is 3.84. The summed E-state index contributed by atoms with van der Waals surface area (Å²) in [6.07, 6.45) is 2.97. The van der Waals surface area contributed by atoms with Crippen LogP contribution in [0.1, 0.15) is 37.2 Å². The molecular formula is C13H18N2O4S. The average molecular weight is 298 g/mol. The van der Waals surface area contributed by atoms with Crippen molar-refractivity contribution < 1.29 is 17.9 Å². The summed E-state index contributed by atoms with van der Waals surface area (Å²) in [5.74, 6) is -0.749. The van der Waals surface area contributed by atoms with E-state index in [1.165, 1.54) is 29.7 Å². The van der Waals surface area contributed by atoms with Gasteiger partial charge in [0.2, 0.25) is 10.0 Å². The third-order valence-corrected chi connectivity index (χ3v) is 5.68. The maximum absolute atomic E-state index is 12.8. The van der Waals surface area contributed by atoms with Gasteiger partial charge in [0.05, 0.1) is 7.11 Å². The highest BCUT2D eigenvalue weighted by Gasteiger charge is 2.42. The van der Waals surface area contributed by atoms with Crippen LogP contribution in [0.25, 0.3) is 0 Å². The van der Waals surface area contributed by atoms with E-state index in [4.69, 9.17) is 0 Å². The highest BCUT2D eigenvalue weighted by molar-refractivity contribution is 7.89. The fourth-order valence-electron chi connectivity index (χ4n) is 2.50. The first-order valence-electron chi connectivity index (χ1n) is 6.37. The van der Waals surface area contributed by atoms with Crippen LogP contribution < -0.4 is 0 Å². The molecule has 0 aliphatic carbocycles. The molecule has 2 heterocycles. The Labute approximate surface area is 118 Å². The van der Waals surface area contributed by atoms with Gasteiger partial charge in [-0.05, 0) is 38.8 Å². The van der Waals surface area contributed by atoms with Gasteiger partial charge in [0.25, 0.3) is 0 Å². The Bertz CT molecular complexity index is 625. The van der Waals surface area contributed by atoms with E-state index in [0.717, 1.165) is 12.8 Å². The number of hydrogen-bond donors (Lipinski definition) is 0. The fraction of sp³-hybridized carbons (Fsp3) is 0.538. The summed E-state index contributed by atoms with van der Waals surface area (Å²) in [6, 6.07) is 2.89. The number of hydrogen-bond acceptors (Lipinski definition) is 5. The molecule has 7 heteroatoms. The minimum atomic E-state index is -3.76. The molecule has 1 aromatic heterocycles. The molecule has 0 unspecified atom stereocenters. The molecule has 1 fully saturated rings. The summed E-state index contributed by atoms with van der Waals surface area (Å²) in [7, 11) is -2.56. The third-order valence-electron chi connectivity index (χ3n) is 3.54. The lowest BCUT2D eigenvalue weighted by atomic mass is 10.0. The quantitative estimate of drug-likeness (QED) is 0.789. The first-order chi connectivity index (χ1) is 9.30. The summed E-state index contributed by atoms with van der Waals surface area (Å²) in [6.45, 7) is 4.21. The van der Waals surface area contributed by atoms with Gasteiger partial charge in [-0.3, -0.25) is 0 Å². The number of sulfonamides is 1. The molecule has 0 aromatic carbocycles. The highest BCUT2D eigenvalue weighted by atomic mass is 32.2. The summed E-state index contributed by atoms with van der Waals surface area (Å²) >= 11 is 0. The minimum absolute atomic E-state index is 0.0955. The number of nitrogens with zero attached hydrogens (tertiary/aromatic N) is 2. The van der Waals surface area contributed by atoms with Crippen molar-refractivity contribution in [3.05, 3.63) is 24.0 Å². The molecule has 1 saturated heterocycles. The monoisotopic (exact) mass is 298 g/mol. The number of aromatic nitrogens is 1. The van der Waals surface area contributed by atoms with Crippen LogP contribution in [0.15, 0.2) is 23.2 Å². The number of methoxy groups -OCH3 is 1. The molecule has 0 atom stereocenters. The van der Waals surface area contributed by atoms with Gasteiger partial charge < -0.3 is 4.74 Å². The van der Waals surface area contributed by atoms with Crippen molar-refractivity contribution in [1.82, 2.24) is 9.29 Å². The van der Waals surface area contributed by atoms with E-state index in [1.54, 1.807) is 0 Å². The lowest BCUT2D eigenvalue weighted by Gasteiger charge is -2.30. The zero-order chi connectivity index (χ0) is 15.0. The molecule has 6 nitrogen and oxygen atoms in total. The van der Waals surface area contributed by atoms with Gasteiger partial charge in [-0.25, -0.2) is 18.2 Å². The molecule has 20 heavy (non-hydrogen) atoms. The maximum atomic E-state index is 12.8. The van der Waals surface area contributed by atoms with Crippen molar-refractivity contribution in [2.75, 3.05) is 13.7 Å². The Morgan fingerprint density at radius 2 is 2.15 bits per heavy atom. The van der Waals surface area contributed by atoms with Gasteiger partial charge in [0.15, 0.2) is 5.69 Å². The summed E-state index contributed by atoms with van der Waals surface area (Å²) in [5.41, 5.74) is -0.625. The second-order valence-electron chi connectivity index (χ2n) is 5.33. The van der Waals surface area contributed by atoms with Crippen LogP contribution in [-0.4, -0.2) is 42.9 Å². The SMILES string of the molecule is COC(=O)c1ncccc1S(=O)(=O)N1CCCC1(C)C. The van der Waals surface area contributed by atoms with E-state index in [1.807, 2.05) is 13.8 Å². The molecule has 1 aliphatic rings. The third kappa shape index (κ3) is 2.43. The molecule has 0 amide bonds. The van der Waals surface area contributed by atoms with Crippen molar-refractivity contribution in [3.8, 4) is 0 Å². The van der Waals surface area contributed by atoms with Crippen molar-refractivity contribution in [3.63, 3.8) is 0 Å². The molecule has 0 bridgehead atoms. The normalized spacial score (nSPS) is 18.9. The Morgan fingerprint density at radius 3 is 2.70 bits per heavy atom. The Hall–Kier alpha value is -1.47. The van der Waals surface area contributed by atoms with Crippen LogP contribution in [0.5, 0.6) is 0 Å². The van der Waals surface area contributed by atoms with Crippen LogP contribution >= 0.6 is 0 Å². The summed E-state index contributed by atoms with van der Waals surface area (Å²) < 4.78 is 31.6. The number of esters is 1. The van der Waals surface area contributed by atoms with E-state index >= 15 is 0 Å². The van der Waals surface area contributed by atoms with Crippen molar-refractivity contribution in [2.24, 2.45) is 0 Å². The van der Waals surface area contributed by atoms with E-state index in [9.17, 15) is 13.2 Å². The number of rotatable bonds is 3. The second-order valence-corrected chi connectivity index (χ2v) is 7.17. The van der Waals surface area contributed by atoms with E-state index < -0.39 is 21.5 Å². The van der Waals surface area contributed by atoms with E-state index in [0.29, 0.717) is 6.54 Å². The zero-order valence-electron chi connectivity index (χ0n) is 11.8. The van der Waals surface area contributed by atoms with Crippen LogP contribution in [0.4, 0.5) is 0 Å². The predicted molar refractivity (Wildman–Crippen MR) is 72.8 cm³/mol. The fourth-order valence-corrected chi connectivity index (χ4v) is 4.48.